The molecule has 1 saturated heterocycles. The Morgan fingerprint density at radius 3 is 2.73 bits per heavy atom. The lowest BCUT2D eigenvalue weighted by molar-refractivity contribution is -0.144. The number of nitrogens with zero attached hydrogens (tertiary/aromatic N) is 1. The van der Waals surface area contributed by atoms with Crippen LogP contribution in [0, 0.1) is 11.8 Å². The van der Waals surface area contributed by atoms with Crippen molar-refractivity contribution in [3.8, 4) is 0 Å². The second-order valence-corrected chi connectivity index (χ2v) is 4.63. The molecule has 1 heterocycles. The summed E-state index contributed by atoms with van der Waals surface area (Å²) in [6.45, 7) is 6.39. The molecule has 4 heteroatoms. The van der Waals surface area contributed by atoms with Gasteiger partial charge in [-0.1, -0.05) is 13.8 Å². The third kappa shape index (κ3) is 3.18. The lowest BCUT2D eigenvalue weighted by Crippen LogP contribution is -2.43. The molecule has 1 N–H and O–H groups in total. The topological polar surface area (TPSA) is 49.8 Å². The molecule has 0 bridgehead atoms. The average molecular weight is 215 g/mol. The third-order valence-electron chi connectivity index (χ3n) is 3.00. The summed E-state index contributed by atoms with van der Waals surface area (Å²) in [5.74, 6) is -0.0533. The molecule has 0 aromatic rings. The molecule has 0 aromatic carbocycles. The van der Waals surface area contributed by atoms with Gasteiger partial charge in [0.1, 0.15) is 6.04 Å². The molecule has 0 saturated carbocycles. The fourth-order valence-electron chi connectivity index (χ4n) is 2.35. The Bertz CT molecular complexity index is 218. The van der Waals surface area contributed by atoms with Crippen molar-refractivity contribution in [2.45, 2.75) is 26.3 Å². The highest BCUT2D eigenvalue weighted by Crippen LogP contribution is 2.22. The molecule has 0 aliphatic carbocycles. The molecule has 1 fully saturated rings. The van der Waals surface area contributed by atoms with Gasteiger partial charge in [-0.3, -0.25) is 9.69 Å². The number of likely N-dealkylation sites (tertiary alicyclic amines) is 1. The van der Waals surface area contributed by atoms with Gasteiger partial charge in [-0.05, 0) is 24.8 Å². The molecule has 0 amide bonds. The highest BCUT2D eigenvalue weighted by molar-refractivity contribution is 5.73. The number of rotatable bonds is 5. The predicted octanol–water partition coefficient (Wildman–Crippen LogP) is 1.06. The Balaban J connectivity index is 2.53. The summed E-state index contributed by atoms with van der Waals surface area (Å²) in [6, 6.07) is -0.341. The van der Waals surface area contributed by atoms with E-state index in [0.717, 1.165) is 26.1 Å². The van der Waals surface area contributed by atoms with Crippen molar-refractivity contribution in [1.82, 2.24) is 4.90 Å². The van der Waals surface area contributed by atoms with Gasteiger partial charge in [0.15, 0.2) is 0 Å². The Kier molecular flexibility index (Phi) is 4.54. The number of hydrogen-bond donors (Lipinski definition) is 1. The van der Waals surface area contributed by atoms with E-state index >= 15 is 0 Å². The van der Waals surface area contributed by atoms with E-state index in [0.29, 0.717) is 5.92 Å². The number of ether oxygens (including phenoxy) is 1. The lowest BCUT2D eigenvalue weighted by atomic mass is 10.0. The quantitative estimate of drug-likeness (QED) is 0.745. The Morgan fingerprint density at radius 1 is 1.60 bits per heavy atom. The minimum Gasteiger partial charge on any atom is -0.480 e. The first-order valence-corrected chi connectivity index (χ1v) is 5.52. The van der Waals surface area contributed by atoms with E-state index < -0.39 is 5.97 Å². The van der Waals surface area contributed by atoms with Crippen molar-refractivity contribution >= 4 is 5.97 Å². The highest BCUT2D eigenvalue weighted by atomic mass is 16.5. The van der Waals surface area contributed by atoms with E-state index in [4.69, 9.17) is 9.84 Å². The van der Waals surface area contributed by atoms with E-state index in [1.165, 1.54) is 0 Å². The molecule has 1 rings (SSSR count). The Labute approximate surface area is 91.2 Å². The molecule has 0 spiro atoms. The minimum absolute atomic E-state index is 0.156. The van der Waals surface area contributed by atoms with Crippen LogP contribution in [-0.2, 0) is 9.53 Å². The molecule has 1 aliphatic rings. The zero-order chi connectivity index (χ0) is 11.4. The van der Waals surface area contributed by atoms with Crippen LogP contribution < -0.4 is 0 Å². The van der Waals surface area contributed by atoms with Crippen LogP contribution in [0.1, 0.15) is 20.3 Å². The van der Waals surface area contributed by atoms with Crippen LogP contribution in [0.25, 0.3) is 0 Å². The molecule has 88 valence electrons. The van der Waals surface area contributed by atoms with Crippen LogP contribution in [0.3, 0.4) is 0 Å². The lowest BCUT2D eigenvalue weighted by Gasteiger charge is -2.27. The van der Waals surface area contributed by atoms with Crippen LogP contribution in [-0.4, -0.2) is 48.8 Å². The molecule has 1 aliphatic heterocycles. The van der Waals surface area contributed by atoms with Gasteiger partial charge >= 0.3 is 5.97 Å². The van der Waals surface area contributed by atoms with Crippen LogP contribution in [0.5, 0.6) is 0 Å². The summed E-state index contributed by atoms with van der Waals surface area (Å²) >= 11 is 0. The van der Waals surface area contributed by atoms with E-state index in [9.17, 15) is 4.79 Å². The SMILES string of the molecule is COCC1CCN(C(C(=O)O)C(C)C)C1. The molecule has 2 unspecified atom stereocenters. The average Bonchev–Trinajstić information content (AvgIpc) is 2.52. The molecule has 4 nitrogen and oxygen atoms in total. The maximum Gasteiger partial charge on any atom is 0.321 e. The number of hydrogen-bond acceptors (Lipinski definition) is 3. The Hall–Kier alpha value is -0.610. The standard InChI is InChI=1S/C11H21NO3/c1-8(2)10(11(13)14)12-5-4-9(6-12)7-15-3/h8-10H,4-7H2,1-3H3,(H,13,14). The number of aliphatic carboxylic acids is 1. The second kappa shape index (κ2) is 5.47. The number of methoxy groups -OCH3 is 1. The summed E-state index contributed by atoms with van der Waals surface area (Å²) in [4.78, 5) is 13.2. The van der Waals surface area contributed by atoms with Gasteiger partial charge in [0.2, 0.25) is 0 Å². The van der Waals surface area contributed by atoms with Gasteiger partial charge in [0.25, 0.3) is 0 Å². The smallest absolute Gasteiger partial charge is 0.321 e. The first-order chi connectivity index (χ1) is 7.06. The van der Waals surface area contributed by atoms with Crippen LogP contribution in [0.2, 0.25) is 0 Å². The molecule has 15 heavy (non-hydrogen) atoms. The fourth-order valence-corrected chi connectivity index (χ4v) is 2.35. The van der Waals surface area contributed by atoms with Gasteiger partial charge in [0.05, 0.1) is 6.61 Å². The zero-order valence-electron chi connectivity index (χ0n) is 9.77. The van der Waals surface area contributed by atoms with Gasteiger partial charge in [0, 0.05) is 13.7 Å². The maximum atomic E-state index is 11.1. The van der Waals surface area contributed by atoms with Gasteiger partial charge in [-0.2, -0.15) is 0 Å². The fraction of sp³-hybridized carbons (Fsp3) is 0.909. The van der Waals surface area contributed by atoms with E-state index in [2.05, 4.69) is 4.90 Å². The Morgan fingerprint density at radius 2 is 2.27 bits per heavy atom. The maximum absolute atomic E-state index is 11.1. The summed E-state index contributed by atoms with van der Waals surface area (Å²) in [7, 11) is 1.69. The largest absolute Gasteiger partial charge is 0.480 e. The predicted molar refractivity (Wildman–Crippen MR) is 57.8 cm³/mol. The first-order valence-electron chi connectivity index (χ1n) is 5.52. The summed E-state index contributed by atoms with van der Waals surface area (Å²) < 4.78 is 5.10. The number of carbonyl (C=O) groups is 1. The van der Waals surface area contributed by atoms with Gasteiger partial charge < -0.3 is 9.84 Å². The van der Waals surface area contributed by atoms with Gasteiger partial charge in [-0.15, -0.1) is 0 Å². The van der Waals surface area contributed by atoms with Crippen molar-refractivity contribution in [3.63, 3.8) is 0 Å². The summed E-state index contributed by atoms with van der Waals surface area (Å²) in [5.41, 5.74) is 0. The van der Waals surface area contributed by atoms with Crippen LogP contribution >= 0.6 is 0 Å². The van der Waals surface area contributed by atoms with Crippen molar-refractivity contribution in [2.75, 3.05) is 26.8 Å². The summed E-state index contributed by atoms with van der Waals surface area (Å²) in [6.07, 6.45) is 1.05. The van der Waals surface area contributed by atoms with Crippen molar-refractivity contribution in [2.24, 2.45) is 11.8 Å². The van der Waals surface area contributed by atoms with E-state index in [1.54, 1.807) is 7.11 Å². The van der Waals surface area contributed by atoms with E-state index in [-0.39, 0.29) is 12.0 Å². The molecule has 0 radical (unpaired) electrons. The second-order valence-electron chi connectivity index (χ2n) is 4.63. The van der Waals surface area contributed by atoms with Crippen LogP contribution in [0.4, 0.5) is 0 Å². The summed E-state index contributed by atoms with van der Waals surface area (Å²) in [5, 5.41) is 9.15. The van der Waals surface area contributed by atoms with Crippen molar-refractivity contribution in [1.29, 1.82) is 0 Å². The van der Waals surface area contributed by atoms with Crippen LogP contribution in [0.15, 0.2) is 0 Å². The molecule has 0 aromatic heterocycles. The normalized spacial score (nSPS) is 24.7. The molecular formula is C11H21NO3. The minimum atomic E-state index is -0.705. The first kappa shape index (κ1) is 12.5. The zero-order valence-corrected chi connectivity index (χ0v) is 9.77. The number of carboxylic acids is 1. The molecule has 2 atom stereocenters. The van der Waals surface area contributed by atoms with Gasteiger partial charge in [-0.25, -0.2) is 0 Å². The monoisotopic (exact) mass is 215 g/mol. The molecular weight excluding hydrogens is 194 g/mol. The number of carboxylic acid groups (broad SMARTS) is 1. The highest BCUT2D eigenvalue weighted by Gasteiger charge is 2.34. The van der Waals surface area contributed by atoms with Crippen molar-refractivity contribution in [3.05, 3.63) is 0 Å². The van der Waals surface area contributed by atoms with Crippen molar-refractivity contribution < 1.29 is 14.6 Å². The van der Waals surface area contributed by atoms with E-state index in [1.807, 2.05) is 13.8 Å². The third-order valence-corrected chi connectivity index (χ3v) is 3.00.